The van der Waals surface area contributed by atoms with E-state index in [2.05, 4.69) is 10.2 Å². The van der Waals surface area contributed by atoms with E-state index in [-0.39, 0.29) is 6.35 Å². The molecule has 44 valence electrons. The summed E-state index contributed by atoms with van der Waals surface area (Å²) < 4.78 is 14.3. The van der Waals surface area contributed by atoms with Crippen molar-refractivity contribution in [3.63, 3.8) is 0 Å². The molecule has 0 aliphatic rings. The minimum absolute atomic E-state index is 0.271. The third-order valence-corrected chi connectivity index (χ3v) is 0.942. The van der Waals surface area contributed by atoms with E-state index in [0.29, 0.717) is 0 Å². The standard InChI is InChI=1S/C2H8NO3P/c1-6-2-7(3,4)5/h2H2,1H3,(H3,3,4,5). The lowest BCUT2D eigenvalue weighted by molar-refractivity contribution is 0.237. The molecule has 4 nitrogen and oxygen atoms in total. The maximum Gasteiger partial charge on any atom is 0.289 e. The van der Waals surface area contributed by atoms with Crippen LogP contribution in [0.5, 0.6) is 0 Å². The Balaban J connectivity index is 3.36. The van der Waals surface area contributed by atoms with Crippen LogP contribution in [0.15, 0.2) is 0 Å². The van der Waals surface area contributed by atoms with Gasteiger partial charge >= 0.3 is 0 Å². The van der Waals surface area contributed by atoms with Gasteiger partial charge in [0.2, 0.25) is 0 Å². The van der Waals surface area contributed by atoms with Gasteiger partial charge in [0.05, 0.1) is 0 Å². The number of methoxy groups -OCH3 is 1. The van der Waals surface area contributed by atoms with Crippen LogP contribution in [0.4, 0.5) is 0 Å². The molecule has 0 bridgehead atoms. The van der Waals surface area contributed by atoms with Crippen LogP contribution in [-0.4, -0.2) is 18.4 Å². The molecular formula is C2H8NO3P. The van der Waals surface area contributed by atoms with Crippen molar-refractivity contribution in [1.82, 2.24) is 0 Å². The smallest absolute Gasteiger partial charge is 0.289 e. The largest absolute Gasteiger partial charge is 0.373 e. The van der Waals surface area contributed by atoms with Gasteiger partial charge in [0.15, 0.2) is 0 Å². The highest BCUT2D eigenvalue weighted by Crippen LogP contribution is 2.28. The Hall–Kier alpha value is 0.110. The summed E-state index contributed by atoms with van der Waals surface area (Å²) in [5, 5.41) is 0. The van der Waals surface area contributed by atoms with Crippen molar-refractivity contribution in [2.75, 3.05) is 13.5 Å². The molecule has 1 atom stereocenters. The molecule has 0 radical (unpaired) electrons. The van der Waals surface area contributed by atoms with E-state index < -0.39 is 7.52 Å². The van der Waals surface area contributed by atoms with Crippen molar-refractivity contribution in [1.29, 1.82) is 0 Å². The normalized spacial score (nSPS) is 18.7. The summed E-state index contributed by atoms with van der Waals surface area (Å²) in [5.74, 6) is 0. The lowest BCUT2D eigenvalue weighted by Gasteiger charge is -1.99. The third kappa shape index (κ3) is 6.11. The van der Waals surface area contributed by atoms with Crippen LogP contribution in [0, 0.1) is 0 Å². The van der Waals surface area contributed by atoms with E-state index in [1.807, 2.05) is 0 Å². The molecule has 0 aromatic carbocycles. The second-order valence-electron chi connectivity index (χ2n) is 1.17. The maximum absolute atomic E-state index is 10.0. The SMILES string of the molecule is COCP(N)(=O)O. The summed E-state index contributed by atoms with van der Waals surface area (Å²) in [7, 11) is -2.07. The van der Waals surface area contributed by atoms with E-state index in [4.69, 9.17) is 4.89 Å². The van der Waals surface area contributed by atoms with Crippen LogP contribution >= 0.6 is 7.52 Å². The Morgan fingerprint density at radius 3 is 2.43 bits per heavy atom. The Bertz CT molecular complexity index is 86.9. The Kier molecular flexibility index (Phi) is 2.46. The average molecular weight is 125 g/mol. The second kappa shape index (κ2) is 2.43. The zero-order chi connectivity index (χ0) is 5.91. The van der Waals surface area contributed by atoms with Gasteiger partial charge in [-0.05, 0) is 0 Å². The summed E-state index contributed by atoms with van der Waals surface area (Å²) in [6.45, 7) is 0. The maximum atomic E-state index is 10.0. The molecule has 0 rings (SSSR count). The lowest BCUT2D eigenvalue weighted by Crippen LogP contribution is -1.98. The fourth-order valence-electron chi connectivity index (χ4n) is 0.185. The molecule has 0 heterocycles. The summed E-state index contributed by atoms with van der Waals surface area (Å²) >= 11 is 0. The number of hydrogen-bond donors (Lipinski definition) is 2. The lowest BCUT2D eigenvalue weighted by atomic mass is 11.5. The molecular weight excluding hydrogens is 117 g/mol. The highest BCUT2D eigenvalue weighted by atomic mass is 31.2. The second-order valence-corrected chi connectivity index (χ2v) is 2.94. The topological polar surface area (TPSA) is 72.5 Å². The minimum atomic E-state index is -3.39. The first kappa shape index (κ1) is 7.11. The van der Waals surface area contributed by atoms with Gasteiger partial charge < -0.3 is 9.63 Å². The zero-order valence-corrected chi connectivity index (χ0v) is 4.89. The fraction of sp³-hybridized carbons (Fsp3) is 1.00. The number of hydrogen-bond acceptors (Lipinski definition) is 2. The van der Waals surface area contributed by atoms with Crippen LogP contribution in [0.3, 0.4) is 0 Å². The van der Waals surface area contributed by atoms with E-state index >= 15 is 0 Å². The molecule has 0 aliphatic heterocycles. The third-order valence-electron chi connectivity index (χ3n) is 0.314. The van der Waals surface area contributed by atoms with Crippen molar-refractivity contribution in [2.45, 2.75) is 0 Å². The molecule has 0 aromatic heterocycles. The van der Waals surface area contributed by atoms with Gasteiger partial charge in [-0.3, -0.25) is 10.1 Å². The highest BCUT2D eigenvalue weighted by Gasteiger charge is 2.06. The molecule has 0 saturated heterocycles. The van der Waals surface area contributed by atoms with Gasteiger partial charge in [-0.15, -0.1) is 0 Å². The van der Waals surface area contributed by atoms with E-state index in [1.165, 1.54) is 7.11 Å². The monoisotopic (exact) mass is 125 g/mol. The molecule has 0 fully saturated rings. The van der Waals surface area contributed by atoms with Gasteiger partial charge in [0.1, 0.15) is 6.35 Å². The van der Waals surface area contributed by atoms with E-state index in [1.54, 1.807) is 0 Å². The van der Waals surface area contributed by atoms with Crippen LogP contribution in [0.1, 0.15) is 0 Å². The van der Waals surface area contributed by atoms with Crippen molar-refractivity contribution >= 4 is 7.52 Å². The first-order valence-electron chi connectivity index (χ1n) is 1.65. The van der Waals surface area contributed by atoms with Gasteiger partial charge in [-0.25, -0.2) is 0 Å². The summed E-state index contributed by atoms with van der Waals surface area (Å²) in [4.78, 5) is 8.23. The van der Waals surface area contributed by atoms with Crippen LogP contribution in [-0.2, 0) is 9.30 Å². The molecule has 0 spiro atoms. The molecule has 0 aromatic rings. The first-order valence-corrected chi connectivity index (χ1v) is 3.57. The molecule has 0 saturated carbocycles. The summed E-state index contributed by atoms with van der Waals surface area (Å²) in [6.07, 6.45) is -0.271. The highest BCUT2D eigenvalue weighted by molar-refractivity contribution is 7.55. The molecule has 7 heavy (non-hydrogen) atoms. The predicted molar refractivity (Wildman–Crippen MR) is 25.9 cm³/mol. The summed E-state index contributed by atoms with van der Waals surface area (Å²) in [5.41, 5.74) is 4.63. The van der Waals surface area contributed by atoms with E-state index in [9.17, 15) is 4.57 Å². The van der Waals surface area contributed by atoms with Crippen LogP contribution in [0.25, 0.3) is 0 Å². The van der Waals surface area contributed by atoms with Crippen LogP contribution < -0.4 is 5.50 Å². The average Bonchev–Trinajstić information content (AvgIpc) is 1.30. The summed E-state index contributed by atoms with van der Waals surface area (Å²) in [6, 6.07) is 0. The van der Waals surface area contributed by atoms with Crippen molar-refractivity contribution in [3.05, 3.63) is 0 Å². The number of rotatable bonds is 2. The first-order chi connectivity index (χ1) is 3.06. The molecule has 5 heteroatoms. The Morgan fingerprint density at radius 1 is 2.00 bits per heavy atom. The van der Waals surface area contributed by atoms with Crippen LogP contribution in [0.2, 0.25) is 0 Å². The van der Waals surface area contributed by atoms with Crippen molar-refractivity contribution < 1.29 is 14.2 Å². The van der Waals surface area contributed by atoms with Gasteiger partial charge in [-0.1, -0.05) is 0 Å². The zero-order valence-electron chi connectivity index (χ0n) is 4.00. The molecule has 0 amide bonds. The number of nitrogens with two attached hydrogens (primary N) is 1. The quantitative estimate of drug-likeness (QED) is 0.498. The van der Waals surface area contributed by atoms with Crippen molar-refractivity contribution in [2.24, 2.45) is 5.50 Å². The van der Waals surface area contributed by atoms with Gasteiger partial charge in [0.25, 0.3) is 7.52 Å². The van der Waals surface area contributed by atoms with Gasteiger partial charge in [-0.2, -0.15) is 0 Å². The van der Waals surface area contributed by atoms with E-state index in [0.717, 1.165) is 0 Å². The molecule has 1 unspecified atom stereocenters. The number of ether oxygens (including phenoxy) is 1. The van der Waals surface area contributed by atoms with Gasteiger partial charge in [0, 0.05) is 7.11 Å². The molecule has 3 N–H and O–H groups in total. The Labute approximate surface area is 41.8 Å². The van der Waals surface area contributed by atoms with Crippen molar-refractivity contribution in [3.8, 4) is 0 Å². The minimum Gasteiger partial charge on any atom is -0.373 e. The molecule has 0 aliphatic carbocycles. The Morgan fingerprint density at radius 2 is 2.43 bits per heavy atom. The predicted octanol–water partition coefficient (Wildman–Crippen LogP) is -0.266. The fourth-order valence-corrected chi connectivity index (χ4v) is 0.555.